The van der Waals surface area contributed by atoms with Crippen molar-refractivity contribution in [3.8, 4) is 11.1 Å². The molecule has 0 amide bonds. The van der Waals surface area contributed by atoms with E-state index < -0.39 is 0 Å². The Kier molecular flexibility index (Phi) is 3.80. The van der Waals surface area contributed by atoms with E-state index in [0.717, 1.165) is 24.0 Å². The van der Waals surface area contributed by atoms with Gasteiger partial charge in [-0.05, 0) is 35.2 Å². The lowest BCUT2D eigenvalue weighted by atomic mass is 10.0. The highest BCUT2D eigenvalue weighted by atomic mass is 35.5. The van der Waals surface area contributed by atoms with Crippen molar-refractivity contribution >= 4 is 11.6 Å². The Hall–Kier alpha value is -1.34. The second-order valence-corrected chi connectivity index (χ2v) is 4.49. The molecule has 2 rings (SSSR count). The molecule has 0 bridgehead atoms. The molecule has 0 saturated carbocycles. The van der Waals surface area contributed by atoms with E-state index in [1.807, 2.05) is 18.2 Å². The highest BCUT2D eigenvalue weighted by Crippen LogP contribution is 2.25. The van der Waals surface area contributed by atoms with E-state index >= 15 is 0 Å². The molecule has 0 aliphatic rings. The van der Waals surface area contributed by atoms with Crippen LogP contribution in [0, 0.1) is 5.82 Å². The van der Waals surface area contributed by atoms with Gasteiger partial charge in [-0.25, -0.2) is 4.39 Å². The highest BCUT2D eigenvalue weighted by Gasteiger charge is 2.03. The first kappa shape index (κ1) is 12.1. The van der Waals surface area contributed by atoms with Crippen LogP contribution in [0.15, 0.2) is 42.5 Å². The van der Waals surface area contributed by atoms with Gasteiger partial charge in [0, 0.05) is 0 Å². The minimum absolute atomic E-state index is 0.165. The molecule has 2 aromatic rings. The molecule has 0 heterocycles. The summed E-state index contributed by atoms with van der Waals surface area (Å²) in [6.07, 6.45) is 2.16. The first-order valence-corrected chi connectivity index (χ1v) is 6.13. The number of aryl methyl sites for hydroxylation is 1. The van der Waals surface area contributed by atoms with Crippen LogP contribution in [-0.2, 0) is 6.42 Å². The Morgan fingerprint density at radius 1 is 1.06 bits per heavy atom. The molecule has 0 aromatic heterocycles. The lowest BCUT2D eigenvalue weighted by Crippen LogP contribution is -1.86. The van der Waals surface area contributed by atoms with Crippen molar-refractivity contribution in [1.29, 1.82) is 0 Å². The SMILES string of the molecule is CCCc1cccc(-c2ccc(Cl)c(F)c2)c1. The molecule has 0 saturated heterocycles. The maximum atomic E-state index is 13.4. The van der Waals surface area contributed by atoms with Gasteiger partial charge in [0.25, 0.3) is 0 Å². The van der Waals surface area contributed by atoms with E-state index in [-0.39, 0.29) is 10.8 Å². The number of halogens is 2. The summed E-state index contributed by atoms with van der Waals surface area (Å²) in [5, 5.41) is 0.165. The van der Waals surface area contributed by atoms with Crippen LogP contribution < -0.4 is 0 Å². The van der Waals surface area contributed by atoms with Crippen molar-refractivity contribution in [2.75, 3.05) is 0 Å². The average molecular weight is 249 g/mol. The summed E-state index contributed by atoms with van der Waals surface area (Å²) in [6.45, 7) is 2.15. The molecular weight excluding hydrogens is 235 g/mol. The number of hydrogen-bond donors (Lipinski definition) is 0. The summed E-state index contributed by atoms with van der Waals surface area (Å²) >= 11 is 5.67. The first-order chi connectivity index (χ1) is 8.20. The Bertz CT molecular complexity index is 520. The minimum Gasteiger partial charge on any atom is -0.205 e. The lowest BCUT2D eigenvalue weighted by molar-refractivity contribution is 0.629. The second-order valence-electron chi connectivity index (χ2n) is 4.08. The van der Waals surface area contributed by atoms with E-state index in [1.54, 1.807) is 6.07 Å². The van der Waals surface area contributed by atoms with Gasteiger partial charge in [-0.15, -0.1) is 0 Å². The van der Waals surface area contributed by atoms with Gasteiger partial charge in [0.05, 0.1) is 5.02 Å². The van der Waals surface area contributed by atoms with Crippen molar-refractivity contribution in [2.24, 2.45) is 0 Å². The molecule has 0 nitrogen and oxygen atoms in total. The predicted molar refractivity (Wildman–Crippen MR) is 70.8 cm³/mol. The molecule has 0 atom stereocenters. The topological polar surface area (TPSA) is 0 Å². The molecule has 0 aliphatic heterocycles. The molecule has 2 heteroatoms. The molecule has 0 unspecified atom stereocenters. The van der Waals surface area contributed by atoms with Crippen molar-refractivity contribution in [3.63, 3.8) is 0 Å². The quantitative estimate of drug-likeness (QED) is 0.709. The van der Waals surface area contributed by atoms with Crippen LogP contribution in [0.25, 0.3) is 11.1 Å². The summed E-state index contributed by atoms with van der Waals surface area (Å²) in [5.41, 5.74) is 3.18. The van der Waals surface area contributed by atoms with Gasteiger partial charge >= 0.3 is 0 Å². The van der Waals surface area contributed by atoms with E-state index in [4.69, 9.17) is 11.6 Å². The van der Waals surface area contributed by atoms with Gasteiger partial charge in [0.1, 0.15) is 5.82 Å². The van der Waals surface area contributed by atoms with Crippen molar-refractivity contribution in [2.45, 2.75) is 19.8 Å². The number of benzene rings is 2. The molecule has 0 aliphatic carbocycles. The number of rotatable bonds is 3. The molecule has 0 fully saturated rings. The fourth-order valence-electron chi connectivity index (χ4n) is 1.87. The van der Waals surface area contributed by atoms with E-state index in [2.05, 4.69) is 19.1 Å². The van der Waals surface area contributed by atoms with Crippen molar-refractivity contribution < 1.29 is 4.39 Å². The molecule has 88 valence electrons. The zero-order valence-corrected chi connectivity index (χ0v) is 10.5. The van der Waals surface area contributed by atoms with Crippen LogP contribution in [0.2, 0.25) is 5.02 Å². The average Bonchev–Trinajstić information content (AvgIpc) is 2.33. The molecular formula is C15H14ClF. The Balaban J connectivity index is 2.38. The summed E-state index contributed by atoms with van der Waals surface area (Å²) in [7, 11) is 0. The second kappa shape index (κ2) is 5.33. The molecule has 0 N–H and O–H groups in total. The summed E-state index contributed by atoms with van der Waals surface area (Å²) < 4.78 is 13.4. The third kappa shape index (κ3) is 2.86. The summed E-state index contributed by atoms with van der Waals surface area (Å²) in [6, 6.07) is 13.1. The normalized spacial score (nSPS) is 10.5. The molecule has 2 aromatic carbocycles. The smallest absolute Gasteiger partial charge is 0.142 e. The van der Waals surface area contributed by atoms with Gasteiger partial charge < -0.3 is 0 Å². The van der Waals surface area contributed by atoms with Crippen LogP contribution in [0.1, 0.15) is 18.9 Å². The monoisotopic (exact) mass is 248 g/mol. The first-order valence-electron chi connectivity index (χ1n) is 5.75. The van der Waals surface area contributed by atoms with Gasteiger partial charge in [-0.1, -0.05) is 55.3 Å². The standard InChI is InChI=1S/C15H14ClF/c1-2-4-11-5-3-6-12(9-11)13-7-8-14(16)15(17)10-13/h3,5-10H,2,4H2,1H3. The lowest BCUT2D eigenvalue weighted by Gasteiger charge is -2.05. The third-order valence-corrected chi connectivity index (χ3v) is 3.03. The van der Waals surface area contributed by atoms with Crippen LogP contribution in [0.3, 0.4) is 0 Å². The predicted octanol–water partition coefficient (Wildman–Crippen LogP) is 5.10. The fourth-order valence-corrected chi connectivity index (χ4v) is 1.99. The third-order valence-electron chi connectivity index (χ3n) is 2.72. The maximum absolute atomic E-state index is 13.4. The number of hydrogen-bond acceptors (Lipinski definition) is 0. The largest absolute Gasteiger partial charge is 0.205 e. The van der Waals surface area contributed by atoms with E-state index in [1.165, 1.54) is 11.6 Å². The van der Waals surface area contributed by atoms with Gasteiger partial charge in [0.15, 0.2) is 0 Å². The van der Waals surface area contributed by atoms with Gasteiger partial charge in [0.2, 0.25) is 0 Å². The summed E-state index contributed by atoms with van der Waals surface area (Å²) in [5.74, 6) is -0.370. The van der Waals surface area contributed by atoms with Crippen molar-refractivity contribution in [3.05, 3.63) is 58.9 Å². The van der Waals surface area contributed by atoms with Gasteiger partial charge in [-0.3, -0.25) is 0 Å². The Morgan fingerprint density at radius 2 is 1.82 bits per heavy atom. The summed E-state index contributed by atoms with van der Waals surface area (Å²) in [4.78, 5) is 0. The van der Waals surface area contributed by atoms with Crippen LogP contribution in [0.5, 0.6) is 0 Å². The van der Waals surface area contributed by atoms with Crippen LogP contribution in [0.4, 0.5) is 4.39 Å². The van der Waals surface area contributed by atoms with Crippen LogP contribution in [-0.4, -0.2) is 0 Å². The zero-order valence-electron chi connectivity index (χ0n) is 9.71. The van der Waals surface area contributed by atoms with E-state index in [0.29, 0.717) is 0 Å². The molecule has 0 spiro atoms. The van der Waals surface area contributed by atoms with Gasteiger partial charge in [-0.2, -0.15) is 0 Å². The Labute approximate surface area is 106 Å². The molecule has 17 heavy (non-hydrogen) atoms. The Morgan fingerprint density at radius 3 is 2.53 bits per heavy atom. The minimum atomic E-state index is -0.370. The van der Waals surface area contributed by atoms with E-state index in [9.17, 15) is 4.39 Å². The van der Waals surface area contributed by atoms with Crippen LogP contribution >= 0.6 is 11.6 Å². The maximum Gasteiger partial charge on any atom is 0.142 e. The molecule has 0 radical (unpaired) electrons. The zero-order chi connectivity index (χ0) is 12.3. The van der Waals surface area contributed by atoms with Crippen molar-refractivity contribution in [1.82, 2.24) is 0 Å². The fraction of sp³-hybridized carbons (Fsp3) is 0.200. The highest BCUT2D eigenvalue weighted by molar-refractivity contribution is 6.30.